The molecule has 1 aliphatic heterocycles. The van der Waals surface area contributed by atoms with Gasteiger partial charge in [0.1, 0.15) is 0 Å². The van der Waals surface area contributed by atoms with Crippen LogP contribution in [0.25, 0.3) is 0 Å². The van der Waals surface area contributed by atoms with Crippen LogP contribution in [0.5, 0.6) is 0 Å². The van der Waals surface area contributed by atoms with Crippen molar-refractivity contribution in [2.75, 3.05) is 19.7 Å². The molecule has 2 atom stereocenters. The quantitative estimate of drug-likeness (QED) is 0.892. The average molecular weight is 342 g/mol. The maximum atomic E-state index is 10.3. The van der Waals surface area contributed by atoms with E-state index in [2.05, 4.69) is 29.2 Å². The van der Waals surface area contributed by atoms with Gasteiger partial charge in [-0.25, -0.2) is 0 Å². The summed E-state index contributed by atoms with van der Waals surface area (Å²) in [4.78, 5) is 2.45. The number of nitrogens with zero attached hydrogens (tertiary/aromatic N) is 2. The highest BCUT2D eigenvalue weighted by Gasteiger charge is 2.55. The number of benzene rings is 1. The normalized spacial score (nSPS) is 26.2. The van der Waals surface area contributed by atoms with Gasteiger partial charge < -0.3 is 9.84 Å². The minimum Gasteiger partial charge on any atom is -0.392 e. The van der Waals surface area contributed by atoms with Crippen molar-refractivity contribution < 1.29 is 9.84 Å². The van der Waals surface area contributed by atoms with E-state index in [0.29, 0.717) is 0 Å². The van der Waals surface area contributed by atoms with Crippen LogP contribution in [-0.2, 0) is 16.7 Å². The number of ether oxygens (including phenoxy) is 1. The van der Waals surface area contributed by atoms with Crippen molar-refractivity contribution >= 4 is 0 Å². The molecule has 3 rings (SSSR count). The van der Waals surface area contributed by atoms with Crippen LogP contribution in [0.1, 0.15) is 51.2 Å². The summed E-state index contributed by atoms with van der Waals surface area (Å²) in [6, 6.07) is 10.7. The molecule has 4 nitrogen and oxygen atoms in total. The predicted molar refractivity (Wildman–Crippen MR) is 98.1 cm³/mol. The molecule has 1 N–H and O–H groups in total. The van der Waals surface area contributed by atoms with Crippen molar-refractivity contribution in [1.29, 1.82) is 5.26 Å². The maximum Gasteiger partial charge on any atom is 0.0769 e. The van der Waals surface area contributed by atoms with Crippen LogP contribution in [0.2, 0.25) is 0 Å². The molecule has 136 valence electrons. The zero-order valence-electron chi connectivity index (χ0n) is 15.7. The van der Waals surface area contributed by atoms with Crippen LogP contribution in [0.3, 0.4) is 0 Å². The van der Waals surface area contributed by atoms with E-state index < -0.39 is 5.41 Å². The van der Waals surface area contributed by atoms with Gasteiger partial charge in [0.05, 0.1) is 23.7 Å². The summed E-state index contributed by atoms with van der Waals surface area (Å²) in [5.74, 6) is 0. The molecule has 0 bridgehead atoms. The highest BCUT2D eigenvalue weighted by molar-refractivity contribution is 5.37. The van der Waals surface area contributed by atoms with Crippen LogP contribution in [-0.4, -0.2) is 41.9 Å². The number of likely N-dealkylation sites (tertiary alicyclic amines) is 1. The third-order valence-electron chi connectivity index (χ3n) is 6.26. The Balaban J connectivity index is 1.67. The predicted octanol–water partition coefficient (Wildman–Crippen LogP) is 3.24. The number of hydrogen-bond donors (Lipinski definition) is 1. The monoisotopic (exact) mass is 342 g/mol. The van der Waals surface area contributed by atoms with E-state index in [9.17, 15) is 10.4 Å². The Kier molecular flexibility index (Phi) is 5.20. The third kappa shape index (κ3) is 3.33. The molecular formula is C21H30N2O2. The highest BCUT2D eigenvalue weighted by Crippen LogP contribution is 2.51. The molecule has 0 radical (unpaired) electrons. The molecule has 25 heavy (non-hydrogen) atoms. The molecule has 2 unspecified atom stereocenters. The Morgan fingerprint density at radius 1 is 1.32 bits per heavy atom. The van der Waals surface area contributed by atoms with Crippen LogP contribution >= 0.6 is 0 Å². The standard InChI is InChI=1S/C21H30N2O2/c1-4-25-19-13-18(24)21(19)9-11-23(12-10-21)14-16-7-5-6-8-17(16)20(2,3)15-22/h5-8,18-19,24H,4,9-14H2,1-3H3. The molecule has 1 aromatic carbocycles. The second-order valence-corrected chi connectivity index (χ2v) is 8.10. The van der Waals surface area contributed by atoms with Gasteiger partial charge in [-0.3, -0.25) is 4.90 Å². The Morgan fingerprint density at radius 3 is 2.60 bits per heavy atom. The smallest absolute Gasteiger partial charge is 0.0769 e. The third-order valence-corrected chi connectivity index (χ3v) is 6.26. The summed E-state index contributed by atoms with van der Waals surface area (Å²) in [5, 5.41) is 19.8. The molecule has 2 fully saturated rings. The minimum atomic E-state index is -0.474. The van der Waals surface area contributed by atoms with Gasteiger partial charge in [0.2, 0.25) is 0 Å². The fourth-order valence-corrected chi connectivity index (χ4v) is 4.51. The Labute approximate surface area is 151 Å². The molecule has 1 saturated heterocycles. The molecular weight excluding hydrogens is 312 g/mol. The Morgan fingerprint density at radius 2 is 2.00 bits per heavy atom. The second-order valence-electron chi connectivity index (χ2n) is 8.10. The van der Waals surface area contributed by atoms with E-state index >= 15 is 0 Å². The van der Waals surface area contributed by atoms with Gasteiger partial charge in [-0.15, -0.1) is 0 Å². The fourth-order valence-electron chi connectivity index (χ4n) is 4.51. The van der Waals surface area contributed by atoms with Crippen molar-refractivity contribution in [2.24, 2.45) is 5.41 Å². The summed E-state index contributed by atoms with van der Waals surface area (Å²) in [7, 11) is 0. The van der Waals surface area contributed by atoms with Crippen molar-refractivity contribution in [3.8, 4) is 6.07 Å². The number of piperidine rings is 1. The van der Waals surface area contributed by atoms with Gasteiger partial charge in [0.25, 0.3) is 0 Å². The van der Waals surface area contributed by atoms with Gasteiger partial charge in [0.15, 0.2) is 0 Å². The van der Waals surface area contributed by atoms with Crippen molar-refractivity contribution in [3.63, 3.8) is 0 Å². The lowest BCUT2D eigenvalue weighted by Crippen LogP contribution is -2.62. The van der Waals surface area contributed by atoms with E-state index in [-0.39, 0.29) is 17.6 Å². The molecule has 2 aliphatic rings. The Bertz CT molecular complexity index is 640. The molecule has 4 heteroatoms. The molecule has 1 saturated carbocycles. The SMILES string of the molecule is CCOC1CC(O)C12CCN(Cc1ccccc1C(C)(C)C#N)CC2. The summed E-state index contributed by atoms with van der Waals surface area (Å²) in [6.07, 6.45) is 2.77. The zero-order valence-corrected chi connectivity index (χ0v) is 15.7. The molecule has 1 heterocycles. The summed E-state index contributed by atoms with van der Waals surface area (Å²) in [5.41, 5.74) is 1.85. The first-order chi connectivity index (χ1) is 11.9. The van der Waals surface area contributed by atoms with Crippen molar-refractivity contribution in [1.82, 2.24) is 4.90 Å². The van der Waals surface area contributed by atoms with Crippen LogP contribution in [0.4, 0.5) is 0 Å². The van der Waals surface area contributed by atoms with E-state index in [4.69, 9.17) is 4.74 Å². The fraction of sp³-hybridized carbons (Fsp3) is 0.667. The number of nitriles is 1. The maximum absolute atomic E-state index is 10.3. The minimum absolute atomic E-state index is 0.0298. The number of rotatable bonds is 5. The van der Waals surface area contributed by atoms with Crippen molar-refractivity contribution in [3.05, 3.63) is 35.4 Å². The summed E-state index contributed by atoms with van der Waals surface area (Å²) >= 11 is 0. The molecule has 1 aliphatic carbocycles. The van der Waals surface area contributed by atoms with Crippen LogP contribution in [0.15, 0.2) is 24.3 Å². The average Bonchev–Trinajstić information content (AvgIpc) is 2.62. The topological polar surface area (TPSA) is 56.5 Å². The van der Waals surface area contributed by atoms with E-state index in [1.165, 1.54) is 5.56 Å². The first-order valence-corrected chi connectivity index (χ1v) is 9.44. The Hall–Kier alpha value is -1.41. The largest absolute Gasteiger partial charge is 0.392 e. The first kappa shape index (κ1) is 18.4. The summed E-state index contributed by atoms with van der Waals surface area (Å²) in [6.45, 7) is 9.53. The molecule has 1 spiro atoms. The van der Waals surface area contributed by atoms with E-state index in [1.807, 2.05) is 26.8 Å². The summed E-state index contributed by atoms with van der Waals surface area (Å²) < 4.78 is 5.86. The van der Waals surface area contributed by atoms with Gasteiger partial charge in [-0.1, -0.05) is 24.3 Å². The van der Waals surface area contributed by atoms with Crippen molar-refractivity contribution in [2.45, 2.75) is 64.2 Å². The first-order valence-electron chi connectivity index (χ1n) is 9.44. The number of aliphatic hydroxyl groups excluding tert-OH is 1. The number of aliphatic hydroxyl groups is 1. The van der Waals surface area contributed by atoms with Gasteiger partial charge >= 0.3 is 0 Å². The van der Waals surface area contributed by atoms with Gasteiger partial charge in [-0.05, 0) is 57.8 Å². The lowest BCUT2D eigenvalue weighted by atomic mass is 9.58. The molecule has 0 aromatic heterocycles. The lowest BCUT2D eigenvalue weighted by molar-refractivity contribution is -0.209. The van der Waals surface area contributed by atoms with Crippen LogP contribution in [0, 0.1) is 16.7 Å². The van der Waals surface area contributed by atoms with Gasteiger partial charge in [0, 0.05) is 25.0 Å². The zero-order chi connectivity index (χ0) is 18.1. The highest BCUT2D eigenvalue weighted by atomic mass is 16.5. The van der Waals surface area contributed by atoms with Gasteiger partial charge in [-0.2, -0.15) is 5.26 Å². The number of hydrogen-bond acceptors (Lipinski definition) is 4. The van der Waals surface area contributed by atoms with Crippen LogP contribution < -0.4 is 0 Å². The molecule has 1 aromatic rings. The lowest BCUT2D eigenvalue weighted by Gasteiger charge is -2.56. The van der Waals surface area contributed by atoms with E-state index in [0.717, 1.165) is 51.1 Å². The molecule has 0 amide bonds. The second kappa shape index (κ2) is 7.07. The van der Waals surface area contributed by atoms with E-state index in [1.54, 1.807) is 0 Å².